The van der Waals surface area contributed by atoms with Crippen LogP contribution in [0.25, 0.3) is 0 Å². The van der Waals surface area contributed by atoms with Crippen molar-refractivity contribution in [2.75, 3.05) is 22.9 Å². The third kappa shape index (κ3) is 3.38. The number of aryl methyl sites for hydroxylation is 1. The molecule has 0 saturated heterocycles. The molecule has 2 aromatic carbocycles. The SMILES string of the molecule is CC(=O)N(CC(=O)N1CCCc2ccccc21)c1ccccc1C#N. The fraction of sp³-hybridized carbons (Fsp3) is 0.250. The van der Waals surface area contributed by atoms with Crippen molar-refractivity contribution in [2.45, 2.75) is 19.8 Å². The molecule has 0 fully saturated rings. The van der Waals surface area contributed by atoms with Crippen molar-refractivity contribution in [2.24, 2.45) is 0 Å². The summed E-state index contributed by atoms with van der Waals surface area (Å²) in [6.45, 7) is 1.97. The summed E-state index contributed by atoms with van der Waals surface area (Å²) in [5.41, 5.74) is 2.91. The first-order chi connectivity index (χ1) is 12.1. The van der Waals surface area contributed by atoms with E-state index in [1.54, 1.807) is 29.2 Å². The van der Waals surface area contributed by atoms with E-state index in [-0.39, 0.29) is 18.4 Å². The van der Waals surface area contributed by atoms with Gasteiger partial charge in [-0.25, -0.2) is 0 Å². The standard InChI is InChI=1S/C20H19N3O2/c1-15(24)23(19-11-5-3-8-17(19)13-21)14-20(25)22-12-6-9-16-7-2-4-10-18(16)22/h2-5,7-8,10-11H,6,9,12,14H2,1H3. The molecular formula is C20H19N3O2. The van der Waals surface area contributed by atoms with Gasteiger partial charge in [-0.15, -0.1) is 0 Å². The highest BCUT2D eigenvalue weighted by atomic mass is 16.2. The number of carbonyl (C=O) groups is 2. The molecule has 0 atom stereocenters. The Morgan fingerprint density at radius 1 is 1.16 bits per heavy atom. The molecule has 0 bridgehead atoms. The number of para-hydroxylation sites is 2. The fourth-order valence-electron chi connectivity index (χ4n) is 3.18. The van der Waals surface area contributed by atoms with Gasteiger partial charge in [-0.05, 0) is 36.6 Å². The summed E-state index contributed by atoms with van der Waals surface area (Å²) in [7, 11) is 0. The van der Waals surface area contributed by atoms with Gasteiger partial charge in [0.1, 0.15) is 12.6 Å². The lowest BCUT2D eigenvalue weighted by atomic mass is 10.0. The van der Waals surface area contributed by atoms with E-state index in [1.165, 1.54) is 11.8 Å². The number of amides is 2. The third-order valence-electron chi connectivity index (χ3n) is 4.40. The Labute approximate surface area is 147 Å². The minimum Gasteiger partial charge on any atom is -0.311 e. The van der Waals surface area contributed by atoms with Crippen LogP contribution in [0.3, 0.4) is 0 Å². The molecular weight excluding hydrogens is 314 g/mol. The molecule has 0 spiro atoms. The van der Waals surface area contributed by atoms with Gasteiger partial charge in [0.15, 0.2) is 0 Å². The maximum Gasteiger partial charge on any atom is 0.247 e. The van der Waals surface area contributed by atoms with Crippen molar-refractivity contribution in [3.63, 3.8) is 0 Å². The van der Waals surface area contributed by atoms with Crippen molar-refractivity contribution in [1.82, 2.24) is 0 Å². The number of rotatable bonds is 3. The fourth-order valence-corrected chi connectivity index (χ4v) is 3.18. The normalized spacial score (nSPS) is 12.9. The van der Waals surface area contributed by atoms with E-state index in [4.69, 9.17) is 0 Å². The van der Waals surface area contributed by atoms with Gasteiger partial charge in [-0.1, -0.05) is 30.3 Å². The summed E-state index contributed by atoms with van der Waals surface area (Å²) < 4.78 is 0. The van der Waals surface area contributed by atoms with Crippen molar-refractivity contribution >= 4 is 23.2 Å². The van der Waals surface area contributed by atoms with Crippen molar-refractivity contribution < 1.29 is 9.59 Å². The second-order valence-electron chi connectivity index (χ2n) is 6.01. The molecule has 1 aliphatic heterocycles. The molecule has 2 amide bonds. The van der Waals surface area contributed by atoms with Gasteiger partial charge in [0.2, 0.25) is 11.8 Å². The molecule has 2 aromatic rings. The van der Waals surface area contributed by atoms with Gasteiger partial charge in [0.05, 0.1) is 11.3 Å². The van der Waals surface area contributed by atoms with E-state index in [9.17, 15) is 14.9 Å². The van der Waals surface area contributed by atoms with Crippen LogP contribution >= 0.6 is 0 Å². The Balaban J connectivity index is 1.88. The average molecular weight is 333 g/mol. The molecule has 0 aliphatic carbocycles. The van der Waals surface area contributed by atoms with Gasteiger partial charge in [-0.2, -0.15) is 5.26 Å². The molecule has 0 saturated carbocycles. The molecule has 5 heteroatoms. The van der Waals surface area contributed by atoms with Crippen LogP contribution in [0.1, 0.15) is 24.5 Å². The monoisotopic (exact) mass is 333 g/mol. The predicted octanol–water partition coefficient (Wildman–Crippen LogP) is 2.89. The maximum absolute atomic E-state index is 12.9. The lowest BCUT2D eigenvalue weighted by Crippen LogP contribution is -2.44. The Hall–Kier alpha value is -3.13. The molecule has 0 aromatic heterocycles. The lowest BCUT2D eigenvalue weighted by Gasteiger charge is -2.31. The van der Waals surface area contributed by atoms with Crippen LogP contribution in [0.15, 0.2) is 48.5 Å². The van der Waals surface area contributed by atoms with Crippen LogP contribution in [0.5, 0.6) is 0 Å². The predicted molar refractivity (Wildman–Crippen MR) is 96.3 cm³/mol. The van der Waals surface area contributed by atoms with E-state index in [2.05, 4.69) is 6.07 Å². The molecule has 126 valence electrons. The van der Waals surface area contributed by atoms with E-state index >= 15 is 0 Å². The van der Waals surface area contributed by atoms with E-state index < -0.39 is 0 Å². The Morgan fingerprint density at radius 3 is 2.64 bits per heavy atom. The highest BCUT2D eigenvalue weighted by molar-refractivity contribution is 6.04. The molecule has 5 nitrogen and oxygen atoms in total. The Morgan fingerprint density at radius 2 is 1.88 bits per heavy atom. The van der Waals surface area contributed by atoms with Gasteiger partial charge in [0, 0.05) is 19.2 Å². The lowest BCUT2D eigenvalue weighted by molar-refractivity contribution is -0.121. The first-order valence-electron chi connectivity index (χ1n) is 8.27. The Bertz CT molecular complexity index is 854. The smallest absolute Gasteiger partial charge is 0.247 e. The number of hydrogen-bond acceptors (Lipinski definition) is 3. The second kappa shape index (κ2) is 7.18. The van der Waals surface area contributed by atoms with Gasteiger partial charge in [-0.3, -0.25) is 9.59 Å². The zero-order chi connectivity index (χ0) is 17.8. The molecule has 0 radical (unpaired) electrons. The van der Waals surface area contributed by atoms with Crippen molar-refractivity contribution in [1.29, 1.82) is 5.26 Å². The van der Waals surface area contributed by atoms with Crippen molar-refractivity contribution in [3.8, 4) is 6.07 Å². The van der Waals surface area contributed by atoms with Gasteiger partial charge < -0.3 is 9.80 Å². The van der Waals surface area contributed by atoms with Gasteiger partial charge in [0.25, 0.3) is 0 Å². The average Bonchev–Trinajstić information content (AvgIpc) is 2.65. The number of nitriles is 1. The number of fused-ring (bicyclic) bond motifs is 1. The van der Waals surface area contributed by atoms with E-state index in [1.807, 2.05) is 24.3 Å². The Kier molecular flexibility index (Phi) is 4.80. The molecule has 3 rings (SSSR count). The first-order valence-corrected chi connectivity index (χ1v) is 8.27. The highest BCUT2D eigenvalue weighted by Crippen LogP contribution is 2.27. The topological polar surface area (TPSA) is 64.4 Å². The number of anilines is 2. The molecule has 0 unspecified atom stereocenters. The largest absolute Gasteiger partial charge is 0.311 e. The van der Waals surface area contributed by atoms with Crippen LogP contribution in [0, 0.1) is 11.3 Å². The number of hydrogen-bond donors (Lipinski definition) is 0. The summed E-state index contributed by atoms with van der Waals surface area (Å²) in [4.78, 5) is 28.1. The van der Waals surface area contributed by atoms with Crippen molar-refractivity contribution in [3.05, 3.63) is 59.7 Å². The van der Waals surface area contributed by atoms with Crippen LogP contribution < -0.4 is 9.80 Å². The minimum absolute atomic E-state index is 0.0810. The first kappa shape index (κ1) is 16.7. The minimum atomic E-state index is -0.263. The molecule has 1 aliphatic rings. The third-order valence-corrected chi connectivity index (χ3v) is 4.40. The molecule has 0 N–H and O–H groups in total. The highest BCUT2D eigenvalue weighted by Gasteiger charge is 2.26. The number of carbonyl (C=O) groups excluding carboxylic acids is 2. The van der Waals surface area contributed by atoms with Crippen LogP contribution in [-0.2, 0) is 16.0 Å². The van der Waals surface area contributed by atoms with Crippen LogP contribution in [0.4, 0.5) is 11.4 Å². The maximum atomic E-state index is 12.9. The summed E-state index contributed by atoms with van der Waals surface area (Å²) >= 11 is 0. The zero-order valence-corrected chi connectivity index (χ0v) is 14.1. The molecule has 1 heterocycles. The van der Waals surface area contributed by atoms with E-state index in [0.717, 1.165) is 24.1 Å². The summed E-state index contributed by atoms with van der Waals surface area (Å²) in [5, 5.41) is 9.28. The van der Waals surface area contributed by atoms with Gasteiger partial charge >= 0.3 is 0 Å². The summed E-state index contributed by atoms with van der Waals surface area (Å²) in [6.07, 6.45) is 1.85. The van der Waals surface area contributed by atoms with Crippen LogP contribution in [-0.4, -0.2) is 24.9 Å². The number of nitrogens with zero attached hydrogens (tertiary/aromatic N) is 3. The van der Waals surface area contributed by atoms with E-state index in [0.29, 0.717) is 17.8 Å². The zero-order valence-electron chi connectivity index (χ0n) is 14.1. The summed E-state index contributed by atoms with van der Waals surface area (Å²) in [6, 6.07) is 16.8. The second-order valence-corrected chi connectivity index (χ2v) is 6.01. The van der Waals surface area contributed by atoms with Crippen LogP contribution in [0.2, 0.25) is 0 Å². The summed E-state index contributed by atoms with van der Waals surface area (Å²) in [5.74, 6) is -0.406. The quantitative estimate of drug-likeness (QED) is 0.867. The number of benzene rings is 2. The molecule has 25 heavy (non-hydrogen) atoms.